The van der Waals surface area contributed by atoms with Crippen LogP contribution in [0.25, 0.3) is 0 Å². The van der Waals surface area contributed by atoms with Crippen LogP contribution in [0.1, 0.15) is 35.6 Å². The van der Waals surface area contributed by atoms with Gasteiger partial charge in [-0.25, -0.2) is 0 Å². The van der Waals surface area contributed by atoms with Gasteiger partial charge in [0.25, 0.3) is 0 Å². The molecule has 25 heavy (non-hydrogen) atoms. The van der Waals surface area contributed by atoms with E-state index in [0.717, 1.165) is 29.5 Å². The summed E-state index contributed by atoms with van der Waals surface area (Å²) in [6.45, 7) is 3.18. The number of piperidine rings is 1. The lowest BCUT2D eigenvalue weighted by molar-refractivity contribution is -0.132. The molecule has 2 aromatic carbocycles. The van der Waals surface area contributed by atoms with Crippen molar-refractivity contribution in [2.45, 2.75) is 32.3 Å². The van der Waals surface area contributed by atoms with Gasteiger partial charge in [-0.05, 0) is 48.4 Å². The molecule has 3 rings (SSSR count). The van der Waals surface area contributed by atoms with Crippen LogP contribution in [0.5, 0.6) is 5.75 Å². The Balaban J connectivity index is 1.54. The van der Waals surface area contributed by atoms with Crippen molar-refractivity contribution >= 4 is 5.91 Å². The van der Waals surface area contributed by atoms with E-state index in [1.807, 2.05) is 54.3 Å². The van der Waals surface area contributed by atoms with Crippen molar-refractivity contribution in [1.82, 2.24) is 4.90 Å². The van der Waals surface area contributed by atoms with Gasteiger partial charge in [0.2, 0.25) is 5.91 Å². The molecule has 0 spiro atoms. The van der Waals surface area contributed by atoms with Crippen LogP contribution in [0.4, 0.5) is 0 Å². The first-order valence-corrected chi connectivity index (χ1v) is 8.84. The van der Waals surface area contributed by atoms with Gasteiger partial charge >= 0.3 is 0 Å². The molecule has 2 N–H and O–H groups in total. The van der Waals surface area contributed by atoms with Gasteiger partial charge in [-0.15, -0.1) is 0 Å². The number of phenols is 1. The summed E-state index contributed by atoms with van der Waals surface area (Å²) in [5, 5.41) is 20.3. The number of aromatic hydroxyl groups is 1. The maximum atomic E-state index is 12.5. The van der Waals surface area contributed by atoms with E-state index in [4.69, 9.17) is 0 Å². The summed E-state index contributed by atoms with van der Waals surface area (Å²) in [6, 6.07) is 15.1. The lowest BCUT2D eigenvalue weighted by atomic mass is 9.87. The molecule has 4 heteroatoms. The van der Waals surface area contributed by atoms with Crippen LogP contribution in [0.2, 0.25) is 0 Å². The molecule has 1 atom stereocenters. The number of nitrogens with zero attached hydrogens (tertiary/aromatic N) is 1. The minimum absolute atomic E-state index is 0.0795. The zero-order valence-electron chi connectivity index (χ0n) is 14.6. The number of carbonyl (C=O) groups is 1. The van der Waals surface area contributed by atoms with Crippen molar-refractivity contribution in [2.75, 3.05) is 13.1 Å². The molecule has 1 aliphatic rings. The van der Waals surface area contributed by atoms with Crippen LogP contribution in [-0.4, -0.2) is 34.1 Å². The molecule has 0 aromatic heterocycles. The van der Waals surface area contributed by atoms with Crippen molar-refractivity contribution in [3.63, 3.8) is 0 Å². The minimum Gasteiger partial charge on any atom is -0.508 e. The number of hydrogen-bond donors (Lipinski definition) is 2. The zero-order chi connectivity index (χ0) is 17.8. The lowest BCUT2D eigenvalue weighted by Gasteiger charge is -2.34. The van der Waals surface area contributed by atoms with E-state index in [2.05, 4.69) is 0 Å². The maximum absolute atomic E-state index is 12.5. The van der Waals surface area contributed by atoms with Crippen molar-refractivity contribution in [1.29, 1.82) is 0 Å². The first kappa shape index (κ1) is 17.5. The fourth-order valence-electron chi connectivity index (χ4n) is 3.44. The Morgan fingerprint density at radius 2 is 1.84 bits per heavy atom. The highest BCUT2D eigenvalue weighted by molar-refractivity contribution is 5.79. The summed E-state index contributed by atoms with van der Waals surface area (Å²) in [4.78, 5) is 14.4. The van der Waals surface area contributed by atoms with Crippen LogP contribution >= 0.6 is 0 Å². The summed E-state index contributed by atoms with van der Waals surface area (Å²) in [5.74, 6) is 0.501. The number of aliphatic hydroxyl groups is 1. The van der Waals surface area contributed by atoms with Crippen molar-refractivity contribution in [3.05, 3.63) is 65.2 Å². The molecule has 4 nitrogen and oxygen atoms in total. The van der Waals surface area contributed by atoms with E-state index < -0.39 is 6.10 Å². The predicted molar refractivity (Wildman–Crippen MR) is 97.3 cm³/mol. The molecule has 1 amide bonds. The molecule has 132 valence electrons. The molecular weight excluding hydrogens is 314 g/mol. The van der Waals surface area contributed by atoms with Gasteiger partial charge in [-0.3, -0.25) is 4.79 Å². The van der Waals surface area contributed by atoms with Crippen LogP contribution < -0.4 is 0 Å². The highest BCUT2D eigenvalue weighted by Gasteiger charge is 2.28. The average Bonchev–Trinajstić information content (AvgIpc) is 2.65. The SMILES string of the molecule is Cc1ccc(CC(=O)N2CCC(C(O)c3ccccc3)CC2)cc1O. The van der Waals surface area contributed by atoms with E-state index in [9.17, 15) is 15.0 Å². The largest absolute Gasteiger partial charge is 0.508 e. The molecule has 2 aromatic rings. The fraction of sp³-hybridized carbons (Fsp3) is 0.381. The third kappa shape index (κ3) is 4.20. The monoisotopic (exact) mass is 339 g/mol. The van der Waals surface area contributed by atoms with Gasteiger partial charge in [0.15, 0.2) is 0 Å². The van der Waals surface area contributed by atoms with Crippen molar-refractivity contribution < 1.29 is 15.0 Å². The number of carbonyl (C=O) groups excluding carboxylic acids is 1. The second-order valence-corrected chi connectivity index (χ2v) is 6.87. The second kappa shape index (κ2) is 7.70. The van der Waals surface area contributed by atoms with Gasteiger partial charge in [-0.1, -0.05) is 42.5 Å². The van der Waals surface area contributed by atoms with Crippen LogP contribution in [-0.2, 0) is 11.2 Å². The Hall–Kier alpha value is -2.33. The predicted octanol–water partition coefficient (Wildman–Crippen LogP) is 3.22. The maximum Gasteiger partial charge on any atom is 0.226 e. The molecule has 1 unspecified atom stereocenters. The highest BCUT2D eigenvalue weighted by Crippen LogP contribution is 2.30. The molecular formula is C21H25NO3. The number of rotatable bonds is 4. The van der Waals surface area contributed by atoms with Gasteiger partial charge in [0.1, 0.15) is 5.75 Å². The Morgan fingerprint density at radius 1 is 1.16 bits per heavy atom. The van der Waals surface area contributed by atoms with Gasteiger partial charge < -0.3 is 15.1 Å². The third-order valence-electron chi connectivity index (χ3n) is 5.11. The number of amides is 1. The van der Waals surface area contributed by atoms with E-state index in [0.29, 0.717) is 19.5 Å². The summed E-state index contributed by atoms with van der Waals surface area (Å²) in [5.41, 5.74) is 2.59. The second-order valence-electron chi connectivity index (χ2n) is 6.87. The van der Waals surface area contributed by atoms with Gasteiger partial charge in [0, 0.05) is 13.1 Å². The van der Waals surface area contributed by atoms with E-state index in [1.54, 1.807) is 6.07 Å². The number of benzene rings is 2. The first-order chi connectivity index (χ1) is 12.0. The summed E-state index contributed by atoms with van der Waals surface area (Å²) < 4.78 is 0. The minimum atomic E-state index is -0.465. The van der Waals surface area contributed by atoms with E-state index in [-0.39, 0.29) is 17.6 Å². The average molecular weight is 339 g/mol. The van der Waals surface area contributed by atoms with Crippen LogP contribution in [0.15, 0.2) is 48.5 Å². The number of aliphatic hydroxyl groups excluding tert-OH is 1. The Kier molecular flexibility index (Phi) is 5.39. The molecule has 0 bridgehead atoms. The number of hydrogen-bond acceptors (Lipinski definition) is 3. The lowest BCUT2D eigenvalue weighted by Crippen LogP contribution is -2.40. The molecule has 0 aliphatic carbocycles. The molecule has 1 fully saturated rings. The third-order valence-corrected chi connectivity index (χ3v) is 5.11. The molecule has 0 radical (unpaired) electrons. The molecule has 1 heterocycles. The topological polar surface area (TPSA) is 60.8 Å². The first-order valence-electron chi connectivity index (χ1n) is 8.84. The van der Waals surface area contributed by atoms with Gasteiger partial charge in [0.05, 0.1) is 12.5 Å². The summed E-state index contributed by atoms with van der Waals surface area (Å²) >= 11 is 0. The fourth-order valence-corrected chi connectivity index (χ4v) is 3.44. The normalized spacial score (nSPS) is 16.6. The molecule has 0 saturated carbocycles. The smallest absolute Gasteiger partial charge is 0.226 e. The Morgan fingerprint density at radius 3 is 2.48 bits per heavy atom. The Labute approximate surface area is 148 Å². The van der Waals surface area contributed by atoms with Gasteiger partial charge in [-0.2, -0.15) is 0 Å². The van der Waals surface area contributed by atoms with Crippen LogP contribution in [0.3, 0.4) is 0 Å². The number of likely N-dealkylation sites (tertiary alicyclic amines) is 1. The number of aryl methyl sites for hydroxylation is 1. The standard InChI is InChI=1S/C21H25NO3/c1-15-7-8-16(13-19(15)23)14-20(24)22-11-9-18(10-12-22)21(25)17-5-3-2-4-6-17/h2-8,13,18,21,23,25H,9-12,14H2,1H3. The zero-order valence-corrected chi connectivity index (χ0v) is 14.6. The van der Waals surface area contributed by atoms with Crippen molar-refractivity contribution in [2.24, 2.45) is 5.92 Å². The van der Waals surface area contributed by atoms with E-state index >= 15 is 0 Å². The van der Waals surface area contributed by atoms with E-state index in [1.165, 1.54) is 0 Å². The molecule has 1 aliphatic heterocycles. The van der Waals surface area contributed by atoms with Crippen molar-refractivity contribution in [3.8, 4) is 5.75 Å². The summed E-state index contributed by atoms with van der Waals surface area (Å²) in [7, 11) is 0. The highest BCUT2D eigenvalue weighted by atomic mass is 16.3. The number of phenolic OH excluding ortho intramolecular Hbond substituents is 1. The van der Waals surface area contributed by atoms with Crippen LogP contribution in [0, 0.1) is 12.8 Å². The quantitative estimate of drug-likeness (QED) is 0.899. The molecule has 1 saturated heterocycles. The Bertz CT molecular complexity index is 721. The summed E-state index contributed by atoms with van der Waals surface area (Å²) in [6.07, 6.45) is 1.45.